The van der Waals surface area contributed by atoms with E-state index in [4.69, 9.17) is 0 Å². The van der Waals surface area contributed by atoms with Crippen LogP contribution in [0.5, 0.6) is 0 Å². The molecule has 0 heterocycles. The van der Waals surface area contributed by atoms with E-state index in [0.717, 1.165) is 42.6 Å². The van der Waals surface area contributed by atoms with Gasteiger partial charge >= 0.3 is 0 Å². The number of anilines is 3. The summed E-state index contributed by atoms with van der Waals surface area (Å²) < 4.78 is 9.42. The second kappa shape index (κ2) is 13.5. The van der Waals surface area contributed by atoms with Gasteiger partial charge in [-0.05, 0) is 135 Å². The van der Waals surface area contributed by atoms with Gasteiger partial charge in [-0.15, -0.1) is 0 Å². The van der Waals surface area contributed by atoms with E-state index in [-0.39, 0.29) is 5.41 Å². The van der Waals surface area contributed by atoms with Crippen LogP contribution in [0.15, 0.2) is 170 Å². The molecular weight excluding hydrogens is 735 g/mol. The zero-order valence-corrected chi connectivity index (χ0v) is 35.6. The van der Waals surface area contributed by atoms with E-state index < -0.39 is 11.3 Å². The van der Waals surface area contributed by atoms with E-state index >= 15 is 0 Å². The highest BCUT2D eigenvalue weighted by Crippen LogP contribution is 2.64. The molecule has 0 atom stereocenters. The van der Waals surface area contributed by atoms with E-state index in [9.17, 15) is 1.37 Å². The molecule has 1 fully saturated rings. The fourth-order valence-electron chi connectivity index (χ4n) is 12.0. The third-order valence-corrected chi connectivity index (χ3v) is 14.7. The Morgan fingerprint density at radius 1 is 0.459 bits per heavy atom. The first-order valence-electron chi connectivity index (χ1n) is 22.9. The Balaban J connectivity index is 1.13. The van der Waals surface area contributed by atoms with Crippen molar-refractivity contribution >= 4 is 17.1 Å². The van der Waals surface area contributed by atoms with Crippen molar-refractivity contribution in [2.24, 2.45) is 0 Å². The largest absolute Gasteiger partial charge is 0.310 e. The van der Waals surface area contributed by atoms with Crippen molar-refractivity contribution in [3.05, 3.63) is 220 Å². The first-order valence-corrected chi connectivity index (χ1v) is 22.4. The predicted octanol–water partition coefficient (Wildman–Crippen LogP) is 16.1. The Kier molecular flexibility index (Phi) is 7.84. The summed E-state index contributed by atoms with van der Waals surface area (Å²) in [5, 5.41) is 0. The SMILES string of the molecule is [2H]C1(c2ccc(-c3ccccc3N(c3ccc4c(c3)C3(c5ccccc5-4)c4cc(C)ccc4-c4ccc(C)cc43)c3cccc4c3C(C)(C)c3ccccc3-4)cc2)CCCCC1. The highest BCUT2D eigenvalue weighted by molar-refractivity contribution is 5.99. The number of fused-ring (bicyclic) bond motifs is 13. The van der Waals surface area contributed by atoms with Crippen molar-refractivity contribution in [2.75, 3.05) is 4.90 Å². The normalized spacial score (nSPS) is 16.8. The fraction of sp³-hybridized carbons (Fsp3) is 0.200. The summed E-state index contributed by atoms with van der Waals surface area (Å²) >= 11 is 0. The molecule has 0 aliphatic heterocycles. The van der Waals surface area contributed by atoms with Crippen LogP contribution in [0.4, 0.5) is 17.1 Å². The molecule has 8 aromatic carbocycles. The van der Waals surface area contributed by atoms with Gasteiger partial charge in [-0.3, -0.25) is 0 Å². The lowest BCUT2D eigenvalue weighted by molar-refractivity contribution is 0.443. The predicted molar refractivity (Wildman–Crippen MR) is 256 cm³/mol. The maximum absolute atomic E-state index is 9.42. The van der Waals surface area contributed by atoms with Gasteiger partial charge in [0.25, 0.3) is 0 Å². The number of nitrogens with zero attached hydrogens (tertiary/aromatic N) is 1. The molecule has 296 valence electrons. The van der Waals surface area contributed by atoms with Gasteiger partial charge in [-0.1, -0.05) is 190 Å². The highest BCUT2D eigenvalue weighted by atomic mass is 15.1. The molecule has 0 saturated heterocycles. The van der Waals surface area contributed by atoms with Gasteiger partial charge in [-0.2, -0.15) is 0 Å². The topological polar surface area (TPSA) is 3.24 Å². The zero-order valence-electron chi connectivity index (χ0n) is 36.6. The molecule has 0 bridgehead atoms. The number of aryl methyl sites for hydroxylation is 2. The lowest BCUT2D eigenvalue weighted by atomic mass is 9.70. The molecule has 0 unspecified atom stereocenters. The average molecular weight is 787 g/mol. The minimum Gasteiger partial charge on any atom is -0.310 e. The monoisotopic (exact) mass is 786 g/mol. The molecule has 0 N–H and O–H groups in total. The van der Waals surface area contributed by atoms with Crippen LogP contribution >= 0.6 is 0 Å². The summed E-state index contributed by atoms with van der Waals surface area (Å²) in [6.45, 7) is 9.27. The van der Waals surface area contributed by atoms with Crippen LogP contribution in [-0.2, 0) is 10.8 Å². The maximum atomic E-state index is 9.42. The average Bonchev–Trinajstić information content (AvgIpc) is 3.85. The van der Waals surface area contributed by atoms with E-state index in [1.165, 1.54) is 101 Å². The molecule has 4 aliphatic rings. The Bertz CT molecular complexity index is 3070. The number of rotatable bonds is 5. The van der Waals surface area contributed by atoms with Crippen molar-refractivity contribution in [3.8, 4) is 44.5 Å². The molecule has 4 aliphatic carbocycles. The molecule has 12 rings (SSSR count). The fourth-order valence-corrected chi connectivity index (χ4v) is 12.0. The van der Waals surface area contributed by atoms with Gasteiger partial charge in [0, 0.05) is 18.0 Å². The number of hydrogen-bond donors (Lipinski definition) is 0. The quantitative estimate of drug-likeness (QED) is 0.168. The Morgan fingerprint density at radius 2 is 0.984 bits per heavy atom. The molecule has 1 nitrogen and oxygen atoms in total. The van der Waals surface area contributed by atoms with Gasteiger partial charge in [0.1, 0.15) is 0 Å². The molecule has 1 spiro atoms. The third kappa shape index (κ3) is 5.19. The minimum absolute atomic E-state index is 0.230. The van der Waals surface area contributed by atoms with Crippen LogP contribution in [-0.4, -0.2) is 0 Å². The molecule has 61 heavy (non-hydrogen) atoms. The van der Waals surface area contributed by atoms with Crippen LogP contribution in [0.25, 0.3) is 44.5 Å². The van der Waals surface area contributed by atoms with Gasteiger partial charge < -0.3 is 4.90 Å². The van der Waals surface area contributed by atoms with Gasteiger partial charge in [0.2, 0.25) is 0 Å². The van der Waals surface area contributed by atoms with Crippen molar-refractivity contribution in [1.29, 1.82) is 0 Å². The third-order valence-electron chi connectivity index (χ3n) is 14.7. The van der Waals surface area contributed by atoms with E-state index in [1.807, 2.05) is 0 Å². The van der Waals surface area contributed by atoms with Crippen molar-refractivity contribution < 1.29 is 1.37 Å². The highest BCUT2D eigenvalue weighted by Gasteiger charge is 2.52. The molecule has 0 radical (unpaired) electrons. The van der Waals surface area contributed by atoms with Crippen LogP contribution in [0.1, 0.15) is 103 Å². The molecule has 1 heteroatoms. The molecule has 8 aromatic rings. The number of benzene rings is 8. The summed E-state index contributed by atoms with van der Waals surface area (Å²) in [7, 11) is 0. The second-order valence-electron chi connectivity index (χ2n) is 18.6. The van der Waals surface area contributed by atoms with E-state index in [1.54, 1.807) is 0 Å². The smallest absolute Gasteiger partial charge is 0.0726 e. The van der Waals surface area contributed by atoms with Crippen molar-refractivity contribution in [3.63, 3.8) is 0 Å². The zero-order chi connectivity index (χ0) is 42.0. The van der Waals surface area contributed by atoms with E-state index in [2.05, 4.69) is 202 Å². The lowest BCUT2D eigenvalue weighted by Gasteiger charge is -2.35. The van der Waals surface area contributed by atoms with Crippen LogP contribution in [0, 0.1) is 13.8 Å². The summed E-state index contributed by atoms with van der Waals surface area (Å²) in [6.07, 6.45) is 5.38. The van der Waals surface area contributed by atoms with Crippen molar-refractivity contribution in [2.45, 2.75) is 76.5 Å². The summed E-state index contributed by atoms with van der Waals surface area (Å²) in [6, 6.07) is 64.6. The van der Waals surface area contributed by atoms with Gasteiger partial charge in [0.15, 0.2) is 0 Å². The van der Waals surface area contributed by atoms with Crippen molar-refractivity contribution in [1.82, 2.24) is 0 Å². The molecular formula is C60H51N. The minimum atomic E-state index is -0.500. The van der Waals surface area contributed by atoms with E-state index in [0.29, 0.717) is 0 Å². The maximum Gasteiger partial charge on any atom is 0.0726 e. The molecule has 0 amide bonds. The summed E-state index contributed by atoms with van der Waals surface area (Å²) in [4.78, 5) is 2.57. The second-order valence-corrected chi connectivity index (χ2v) is 18.6. The Morgan fingerprint density at radius 3 is 1.67 bits per heavy atom. The van der Waals surface area contributed by atoms with Crippen LogP contribution in [0.2, 0.25) is 0 Å². The van der Waals surface area contributed by atoms with Gasteiger partial charge in [0.05, 0.1) is 16.8 Å². The van der Waals surface area contributed by atoms with Crippen LogP contribution < -0.4 is 4.90 Å². The lowest BCUT2D eigenvalue weighted by Crippen LogP contribution is -2.26. The number of para-hydroxylation sites is 1. The Hall–Kier alpha value is -6.44. The number of hydrogen-bond acceptors (Lipinski definition) is 1. The first kappa shape index (κ1) is 35.3. The van der Waals surface area contributed by atoms with Crippen LogP contribution in [0.3, 0.4) is 0 Å². The summed E-state index contributed by atoms with van der Waals surface area (Å²) in [5.41, 5.74) is 24.9. The summed E-state index contributed by atoms with van der Waals surface area (Å²) in [5.74, 6) is -0.500. The standard InChI is InChI=1S/C60H51N/c1-38-25-32-47-48-33-26-39(2)36-54(48)60(53(47)35-38)52-22-12-9-18-45(52)49-34-31-43(37-55(49)60)61(57-24-14-20-50-46-19-8-11-21-51(46)59(3,4)58(50)57)56-23-13-10-17-44(56)42-29-27-41(28-30-42)40-15-6-5-7-16-40/h8-14,17-37,40H,5-7,15-16H2,1-4H3/i40D. The Labute approximate surface area is 362 Å². The first-order chi connectivity index (χ1) is 30.2. The molecule has 1 saturated carbocycles. The molecule has 0 aromatic heterocycles. The van der Waals surface area contributed by atoms with Gasteiger partial charge in [-0.25, -0.2) is 0 Å².